The van der Waals surface area contributed by atoms with E-state index < -0.39 is 18.0 Å². The van der Waals surface area contributed by atoms with Crippen LogP contribution in [0, 0.1) is 29.5 Å². The van der Waals surface area contributed by atoms with E-state index in [4.69, 9.17) is 16.3 Å². The van der Waals surface area contributed by atoms with E-state index in [9.17, 15) is 9.59 Å². The molecule has 3 fully saturated rings. The van der Waals surface area contributed by atoms with Gasteiger partial charge in [0.1, 0.15) is 5.82 Å². The van der Waals surface area contributed by atoms with Gasteiger partial charge in [-0.25, -0.2) is 9.18 Å². The Morgan fingerprint density at radius 2 is 1.87 bits per heavy atom. The van der Waals surface area contributed by atoms with Gasteiger partial charge in [0, 0.05) is 43.1 Å². The van der Waals surface area contributed by atoms with Crippen molar-refractivity contribution in [2.75, 3.05) is 46.4 Å². The summed E-state index contributed by atoms with van der Waals surface area (Å²) < 4.78 is 26.0. The minimum absolute atomic E-state index is 0.00901. The first kappa shape index (κ1) is 29.1. The number of hydrogen-bond acceptors (Lipinski definition) is 6. The number of methoxy groups -OCH3 is 1. The van der Waals surface area contributed by atoms with Gasteiger partial charge in [0.25, 0.3) is 0 Å². The number of nitrogens with one attached hydrogen (secondary N) is 4. The largest absolute Gasteiger partial charge is 0.453 e. The average Bonchev–Trinajstić information content (AvgIpc) is 2.95. The summed E-state index contributed by atoms with van der Waals surface area (Å²) in [6.45, 7) is 3.32. The maximum Gasteiger partial charge on any atom is 0.406 e. The van der Waals surface area contributed by atoms with Crippen molar-refractivity contribution in [2.24, 2.45) is 23.7 Å². The number of halogens is 2. The quantitative estimate of drug-likeness (QED) is 0.348. The van der Waals surface area contributed by atoms with Crippen molar-refractivity contribution < 1.29 is 23.5 Å². The molecule has 2 heterocycles. The fourth-order valence-corrected chi connectivity index (χ4v) is 6.76. The van der Waals surface area contributed by atoms with Gasteiger partial charge >= 0.3 is 6.09 Å². The van der Waals surface area contributed by atoms with Gasteiger partial charge < -0.3 is 30.7 Å². The molecule has 0 bridgehead atoms. The average molecular weight is 553 g/mol. The molecule has 1 aromatic rings. The van der Waals surface area contributed by atoms with Crippen LogP contribution >= 0.6 is 11.6 Å². The lowest BCUT2D eigenvalue weighted by molar-refractivity contribution is -0.132. The van der Waals surface area contributed by atoms with E-state index in [2.05, 4.69) is 26.0 Å². The van der Waals surface area contributed by atoms with E-state index in [0.29, 0.717) is 36.9 Å². The Morgan fingerprint density at radius 3 is 2.66 bits per heavy atom. The number of alkyl carbamates (subject to hydrolysis) is 1. The molecule has 1 unspecified atom stereocenters. The van der Waals surface area contributed by atoms with Gasteiger partial charge in [-0.2, -0.15) is 0 Å². The van der Waals surface area contributed by atoms with Gasteiger partial charge in [-0.05, 0) is 43.8 Å². The maximum absolute atomic E-state index is 15.2. The lowest BCUT2D eigenvalue weighted by Crippen LogP contribution is -2.56. The first-order valence-electron chi connectivity index (χ1n) is 14.1. The Bertz CT molecular complexity index is 932. The Kier molecular flexibility index (Phi) is 11.0. The monoisotopic (exact) mass is 552 g/mol. The van der Waals surface area contributed by atoms with Crippen LogP contribution in [-0.4, -0.2) is 64.5 Å². The summed E-state index contributed by atoms with van der Waals surface area (Å²) in [5, 5.41) is 12.8. The van der Waals surface area contributed by atoms with Crippen LogP contribution in [0.15, 0.2) is 18.2 Å². The van der Waals surface area contributed by atoms with E-state index in [1.807, 2.05) is 0 Å². The molecule has 0 spiro atoms. The summed E-state index contributed by atoms with van der Waals surface area (Å²) >= 11 is 6.13. The Balaban J connectivity index is 1.50. The van der Waals surface area contributed by atoms with Crippen LogP contribution < -0.4 is 21.3 Å². The van der Waals surface area contributed by atoms with E-state index in [0.717, 1.165) is 19.5 Å². The molecular formula is C28H42ClFN4O4. The highest BCUT2D eigenvalue weighted by atomic mass is 35.5. The van der Waals surface area contributed by atoms with Crippen LogP contribution in [0.25, 0.3) is 0 Å². The highest BCUT2D eigenvalue weighted by Gasteiger charge is 2.41. The van der Waals surface area contributed by atoms with Crippen molar-refractivity contribution in [3.05, 3.63) is 34.6 Å². The number of hydrogen-bond donors (Lipinski definition) is 4. The molecule has 1 aromatic carbocycles. The van der Waals surface area contributed by atoms with Crippen molar-refractivity contribution in [1.29, 1.82) is 0 Å². The molecule has 10 heteroatoms. The third kappa shape index (κ3) is 7.37. The predicted molar refractivity (Wildman–Crippen MR) is 144 cm³/mol. The predicted octanol–water partition coefficient (Wildman–Crippen LogP) is 3.79. The topological polar surface area (TPSA) is 101 Å². The number of benzene rings is 1. The third-order valence-corrected chi connectivity index (χ3v) is 8.81. The van der Waals surface area contributed by atoms with Crippen LogP contribution in [0.2, 0.25) is 5.02 Å². The molecular weight excluding hydrogens is 511 g/mol. The molecule has 2 saturated heterocycles. The summed E-state index contributed by atoms with van der Waals surface area (Å²) in [6.07, 6.45) is 6.80. The standard InChI is InChI=1S/C28H42ClFN4O4/c1-37-28(36)33-14-15-38-26(21-8-5-9-23(29)25(21)30)22-16-31-13-11-20(22)27(35)34-24-17-32-12-10-19(24)18-6-3-2-4-7-18/h5,8-9,18-20,22,24,26,31-32H,2-4,6-7,10-17H2,1H3,(H,33,36)(H,34,35)/t19-,20?,22-,24+,26-/m0/s1. The molecule has 212 valence electrons. The van der Waals surface area contributed by atoms with Gasteiger partial charge in [0.15, 0.2) is 0 Å². The molecule has 0 aromatic heterocycles. The second kappa shape index (κ2) is 14.4. The number of rotatable bonds is 9. The van der Waals surface area contributed by atoms with Gasteiger partial charge in [0.2, 0.25) is 5.91 Å². The fourth-order valence-electron chi connectivity index (χ4n) is 6.57. The van der Waals surface area contributed by atoms with Gasteiger partial charge in [-0.3, -0.25) is 4.79 Å². The molecule has 2 amide bonds. The van der Waals surface area contributed by atoms with Gasteiger partial charge in [0.05, 0.1) is 24.8 Å². The number of carbonyl (C=O) groups is 2. The summed E-state index contributed by atoms with van der Waals surface area (Å²) in [4.78, 5) is 25.3. The molecule has 38 heavy (non-hydrogen) atoms. The van der Waals surface area contributed by atoms with E-state index in [-0.39, 0.29) is 42.0 Å². The Morgan fingerprint density at radius 1 is 1.11 bits per heavy atom. The third-order valence-electron chi connectivity index (χ3n) is 8.52. The van der Waals surface area contributed by atoms with Crippen LogP contribution in [0.5, 0.6) is 0 Å². The van der Waals surface area contributed by atoms with Crippen molar-refractivity contribution in [3.63, 3.8) is 0 Å². The summed E-state index contributed by atoms with van der Waals surface area (Å²) in [7, 11) is 1.29. The normalized spacial score (nSPS) is 27.3. The number of piperidine rings is 2. The zero-order chi connectivity index (χ0) is 26.9. The van der Waals surface area contributed by atoms with Crippen molar-refractivity contribution >= 4 is 23.6 Å². The van der Waals surface area contributed by atoms with E-state index >= 15 is 4.39 Å². The highest BCUT2D eigenvalue weighted by molar-refractivity contribution is 6.30. The van der Waals surface area contributed by atoms with Gasteiger partial charge in [-0.15, -0.1) is 0 Å². The summed E-state index contributed by atoms with van der Waals surface area (Å²) in [5.74, 6) is -0.0311. The molecule has 3 aliphatic rings. The second-order valence-corrected chi connectivity index (χ2v) is 11.2. The molecule has 0 radical (unpaired) electrons. The van der Waals surface area contributed by atoms with Gasteiger partial charge in [-0.1, -0.05) is 55.8 Å². The maximum atomic E-state index is 15.2. The van der Waals surface area contributed by atoms with Crippen LogP contribution in [0.1, 0.15) is 56.6 Å². The number of carbonyl (C=O) groups excluding carboxylic acids is 2. The van der Waals surface area contributed by atoms with Crippen molar-refractivity contribution in [3.8, 4) is 0 Å². The first-order chi connectivity index (χ1) is 18.5. The minimum atomic E-state index is -0.713. The molecule has 4 rings (SSSR count). The second-order valence-electron chi connectivity index (χ2n) is 10.8. The molecule has 1 aliphatic carbocycles. The molecule has 8 nitrogen and oxygen atoms in total. The molecule has 4 N–H and O–H groups in total. The number of amides is 2. The minimum Gasteiger partial charge on any atom is -0.453 e. The SMILES string of the molecule is COC(=O)NCCO[C@@H](c1cccc(Cl)c1F)[C@H]1CNCCC1C(=O)N[C@@H]1CNCC[C@H]1C1CCCCC1. The molecule has 5 atom stereocenters. The zero-order valence-corrected chi connectivity index (χ0v) is 23.0. The highest BCUT2D eigenvalue weighted by Crippen LogP contribution is 2.38. The fraction of sp³-hybridized carbons (Fsp3) is 0.714. The molecule has 1 saturated carbocycles. The Hall–Kier alpha value is -1.94. The van der Waals surface area contributed by atoms with E-state index in [1.165, 1.54) is 45.3 Å². The smallest absolute Gasteiger partial charge is 0.406 e. The van der Waals surface area contributed by atoms with Crippen LogP contribution in [-0.2, 0) is 14.3 Å². The van der Waals surface area contributed by atoms with Crippen LogP contribution in [0.3, 0.4) is 0 Å². The lowest BCUT2D eigenvalue weighted by Gasteiger charge is -2.42. The van der Waals surface area contributed by atoms with E-state index in [1.54, 1.807) is 12.1 Å². The summed E-state index contributed by atoms with van der Waals surface area (Å²) in [5.41, 5.74) is 0.321. The van der Waals surface area contributed by atoms with Crippen LogP contribution in [0.4, 0.5) is 9.18 Å². The Labute approximate surface area is 230 Å². The van der Waals surface area contributed by atoms with Crippen molar-refractivity contribution in [1.82, 2.24) is 21.3 Å². The van der Waals surface area contributed by atoms with Crippen molar-refractivity contribution in [2.45, 2.75) is 57.1 Å². The number of ether oxygens (including phenoxy) is 2. The zero-order valence-electron chi connectivity index (χ0n) is 22.3. The molecule has 2 aliphatic heterocycles. The lowest BCUT2D eigenvalue weighted by atomic mass is 9.73. The first-order valence-corrected chi connectivity index (χ1v) is 14.5. The summed E-state index contributed by atoms with van der Waals surface area (Å²) in [6, 6.07) is 4.95.